The summed E-state index contributed by atoms with van der Waals surface area (Å²) in [6, 6.07) is 0.244. The van der Waals surface area contributed by atoms with E-state index in [0.717, 1.165) is 58.7 Å². The maximum Gasteiger partial charge on any atom is 0.223 e. The highest BCUT2D eigenvalue weighted by atomic mass is 16.2. The second-order valence-corrected chi connectivity index (χ2v) is 7.01. The van der Waals surface area contributed by atoms with E-state index in [-0.39, 0.29) is 17.9 Å². The van der Waals surface area contributed by atoms with Crippen molar-refractivity contribution in [3.05, 3.63) is 0 Å². The van der Waals surface area contributed by atoms with Crippen LogP contribution in [-0.4, -0.2) is 84.9 Å². The summed E-state index contributed by atoms with van der Waals surface area (Å²) in [4.78, 5) is 30.7. The summed E-state index contributed by atoms with van der Waals surface area (Å²) in [7, 11) is 0. The van der Waals surface area contributed by atoms with Gasteiger partial charge in [0.25, 0.3) is 0 Å². The first-order chi connectivity index (χ1) is 11.6. The van der Waals surface area contributed by atoms with Crippen LogP contribution < -0.4 is 5.32 Å². The van der Waals surface area contributed by atoms with Crippen LogP contribution in [0.5, 0.6) is 0 Å². The molecule has 2 rings (SSSR count). The molecule has 2 amide bonds. The van der Waals surface area contributed by atoms with E-state index in [9.17, 15) is 9.59 Å². The molecule has 138 valence electrons. The Labute approximate surface area is 146 Å². The van der Waals surface area contributed by atoms with Crippen molar-refractivity contribution in [1.82, 2.24) is 20.0 Å². The van der Waals surface area contributed by atoms with Crippen molar-refractivity contribution in [2.75, 3.05) is 52.4 Å². The molecule has 2 fully saturated rings. The second kappa shape index (κ2) is 9.99. The first kappa shape index (κ1) is 19.2. The number of carbonyl (C=O) groups excluding carboxylic acids is 2. The van der Waals surface area contributed by atoms with Gasteiger partial charge in [-0.05, 0) is 25.8 Å². The van der Waals surface area contributed by atoms with Crippen LogP contribution in [-0.2, 0) is 9.59 Å². The SMILES string of the molecule is CCCN1CCN(CCC(=O)N2CCC(NC(=O)CC)CC2)CC1. The van der Waals surface area contributed by atoms with Gasteiger partial charge in [0.15, 0.2) is 0 Å². The lowest BCUT2D eigenvalue weighted by molar-refractivity contribution is -0.132. The number of hydrogen-bond donors (Lipinski definition) is 1. The summed E-state index contributed by atoms with van der Waals surface area (Å²) in [6.07, 6.45) is 4.14. The standard InChI is InChI=1S/C18H34N4O2/c1-3-8-20-12-14-21(15-13-20)9-7-18(24)22-10-5-16(6-11-22)19-17(23)4-2/h16H,3-15H2,1-2H3,(H,19,23). The molecule has 0 saturated carbocycles. The zero-order valence-electron chi connectivity index (χ0n) is 15.4. The van der Waals surface area contributed by atoms with Gasteiger partial charge >= 0.3 is 0 Å². The van der Waals surface area contributed by atoms with Gasteiger partial charge in [-0.2, -0.15) is 0 Å². The number of piperazine rings is 1. The fraction of sp³-hybridized carbons (Fsp3) is 0.889. The highest BCUT2D eigenvalue weighted by Crippen LogP contribution is 2.12. The third-order valence-electron chi connectivity index (χ3n) is 5.18. The Hall–Kier alpha value is -1.14. The van der Waals surface area contributed by atoms with Gasteiger partial charge in [0, 0.05) is 64.7 Å². The molecule has 6 nitrogen and oxygen atoms in total. The Balaban J connectivity index is 1.61. The summed E-state index contributed by atoms with van der Waals surface area (Å²) in [5.74, 6) is 0.383. The Bertz CT molecular complexity index is 400. The smallest absolute Gasteiger partial charge is 0.223 e. The summed E-state index contributed by atoms with van der Waals surface area (Å²) >= 11 is 0. The average molecular weight is 338 g/mol. The van der Waals surface area contributed by atoms with Crippen molar-refractivity contribution in [2.24, 2.45) is 0 Å². The van der Waals surface area contributed by atoms with Crippen molar-refractivity contribution >= 4 is 11.8 Å². The summed E-state index contributed by atoms with van der Waals surface area (Å²) in [5, 5.41) is 3.04. The number of nitrogens with zero attached hydrogens (tertiary/aromatic N) is 3. The summed E-state index contributed by atoms with van der Waals surface area (Å²) in [5.41, 5.74) is 0. The fourth-order valence-corrected chi connectivity index (χ4v) is 3.57. The minimum absolute atomic E-state index is 0.113. The third kappa shape index (κ3) is 6.06. The van der Waals surface area contributed by atoms with Crippen LogP contribution in [0.15, 0.2) is 0 Å². The van der Waals surface area contributed by atoms with E-state index in [1.54, 1.807) is 0 Å². The van der Waals surface area contributed by atoms with E-state index >= 15 is 0 Å². The molecule has 2 heterocycles. The quantitative estimate of drug-likeness (QED) is 0.750. The molecule has 2 aliphatic heterocycles. The van der Waals surface area contributed by atoms with Crippen LogP contribution in [0.4, 0.5) is 0 Å². The molecule has 1 N–H and O–H groups in total. The first-order valence-corrected chi connectivity index (χ1v) is 9.64. The van der Waals surface area contributed by atoms with Crippen molar-refractivity contribution in [3.8, 4) is 0 Å². The zero-order valence-corrected chi connectivity index (χ0v) is 15.4. The highest BCUT2D eigenvalue weighted by molar-refractivity contribution is 5.77. The van der Waals surface area contributed by atoms with Crippen LogP contribution in [0.1, 0.15) is 46.0 Å². The zero-order chi connectivity index (χ0) is 17.4. The predicted molar refractivity (Wildman–Crippen MR) is 95.8 cm³/mol. The second-order valence-electron chi connectivity index (χ2n) is 7.01. The maximum atomic E-state index is 12.4. The van der Waals surface area contributed by atoms with Gasteiger partial charge in [0.05, 0.1) is 0 Å². The fourth-order valence-electron chi connectivity index (χ4n) is 3.57. The Kier molecular flexibility index (Phi) is 7.99. The van der Waals surface area contributed by atoms with Crippen molar-refractivity contribution in [3.63, 3.8) is 0 Å². The molecule has 0 radical (unpaired) electrons. The largest absolute Gasteiger partial charge is 0.353 e. The molecule has 6 heteroatoms. The van der Waals surface area contributed by atoms with Crippen LogP contribution in [0.2, 0.25) is 0 Å². The number of amides is 2. The molecule has 0 bridgehead atoms. The topological polar surface area (TPSA) is 55.9 Å². The van der Waals surface area contributed by atoms with Gasteiger partial charge in [-0.1, -0.05) is 13.8 Å². The highest BCUT2D eigenvalue weighted by Gasteiger charge is 2.24. The molecule has 0 spiro atoms. The van der Waals surface area contributed by atoms with Crippen molar-refractivity contribution < 1.29 is 9.59 Å². The number of piperidine rings is 1. The molecule has 0 aliphatic carbocycles. The molecule has 0 atom stereocenters. The molecule has 24 heavy (non-hydrogen) atoms. The normalized spacial score (nSPS) is 21.0. The molecule has 0 aromatic heterocycles. The third-order valence-corrected chi connectivity index (χ3v) is 5.18. The van der Waals surface area contributed by atoms with Gasteiger partial charge in [-0.15, -0.1) is 0 Å². The molecule has 0 aromatic rings. The van der Waals surface area contributed by atoms with Gasteiger partial charge in [0.2, 0.25) is 11.8 Å². The number of likely N-dealkylation sites (tertiary alicyclic amines) is 1. The average Bonchev–Trinajstić information content (AvgIpc) is 2.61. The number of rotatable bonds is 7. The van der Waals surface area contributed by atoms with Crippen LogP contribution in [0.25, 0.3) is 0 Å². The monoisotopic (exact) mass is 338 g/mol. The molecular formula is C18H34N4O2. The van der Waals surface area contributed by atoms with E-state index < -0.39 is 0 Å². The van der Waals surface area contributed by atoms with Crippen LogP contribution in [0, 0.1) is 0 Å². The van der Waals surface area contributed by atoms with Gasteiger partial charge in [0.1, 0.15) is 0 Å². The maximum absolute atomic E-state index is 12.4. The molecule has 2 saturated heterocycles. The van der Waals surface area contributed by atoms with Crippen LogP contribution in [0.3, 0.4) is 0 Å². The predicted octanol–water partition coefficient (Wildman–Crippen LogP) is 0.921. The number of carbonyl (C=O) groups is 2. The summed E-state index contributed by atoms with van der Waals surface area (Å²) in [6.45, 7) is 12.1. The Morgan fingerprint density at radius 2 is 1.50 bits per heavy atom. The molecule has 2 aliphatic rings. The van der Waals surface area contributed by atoms with E-state index in [1.165, 1.54) is 13.0 Å². The molecular weight excluding hydrogens is 304 g/mol. The van der Waals surface area contributed by atoms with E-state index in [0.29, 0.717) is 12.8 Å². The van der Waals surface area contributed by atoms with E-state index in [2.05, 4.69) is 22.0 Å². The van der Waals surface area contributed by atoms with Crippen molar-refractivity contribution in [1.29, 1.82) is 0 Å². The first-order valence-electron chi connectivity index (χ1n) is 9.64. The lowest BCUT2D eigenvalue weighted by Crippen LogP contribution is -2.49. The van der Waals surface area contributed by atoms with Gasteiger partial charge in [-0.3, -0.25) is 9.59 Å². The van der Waals surface area contributed by atoms with E-state index in [1.807, 2.05) is 11.8 Å². The Morgan fingerprint density at radius 1 is 0.917 bits per heavy atom. The molecule has 0 unspecified atom stereocenters. The lowest BCUT2D eigenvalue weighted by Gasteiger charge is -2.35. The van der Waals surface area contributed by atoms with Gasteiger partial charge < -0.3 is 20.0 Å². The summed E-state index contributed by atoms with van der Waals surface area (Å²) < 4.78 is 0. The minimum atomic E-state index is 0.113. The Morgan fingerprint density at radius 3 is 2.04 bits per heavy atom. The van der Waals surface area contributed by atoms with E-state index in [4.69, 9.17) is 0 Å². The number of nitrogens with one attached hydrogen (secondary N) is 1. The lowest BCUT2D eigenvalue weighted by atomic mass is 10.0. The van der Waals surface area contributed by atoms with Gasteiger partial charge in [-0.25, -0.2) is 0 Å². The van der Waals surface area contributed by atoms with Crippen molar-refractivity contribution in [2.45, 2.75) is 52.0 Å². The minimum Gasteiger partial charge on any atom is -0.353 e. The number of hydrogen-bond acceptors (Lipinski definition) is 4. The van der Waals surface area contributed by atoms with Crippen LogP contribution >= 0.6 is 0 Å². The molecule has 0 aromatic carbocycles.